The Hall–Kier alpha value is -1.60. The lowest BCUT2D eigenvalue weighted by atomic mass is 9.90. The average Bonchev–Trinajstić information content (AvgIpc) is 2.86. The molecule has 0 saturated carbocycles. The minimum Gasteiger partial charge on any atom is -0.358 e. The smallest absolute Gasteiger partial charge is 0.244 e. The van der Waals surface area contributed by atoms with E-state index in [1.807, 2.05) is 6.92 Å². The molecule has 21 heavy (non-hydrogen) atoms. The maximum Gasteiger partial charge on any atom is 0.244 e. The zero-order valence-electron chi connectivity index (χ0n) is 12.3. The van der Waals surface area contributed by atoms with E-state index < -0.39 is 5.54 Å². The molecule has 1 aliphatic rings. The van der Waals surface area contributed by atoms with Gasteiger partial charge in [-0.25, -0.2) is 0 Å². The Morgan fingerprint density at radius 3 is 2.86 bits per heavy atom. The summed E-state index contributed by atoms with van der Waals surface area (Å²) in [5, 5.41) is 12.7. The molecule has 1 fully saturated rings. The third kappa shape index (κ3) is 4.44. The van der Waals surface area contributed by atoms with Crippen LogP contribution in [0.4, 0.5) is 5.69 Å². The number of halogens is 1. The van der Waals surface area contributed by atoms with Gasteiger partial charge < -0.3 is 16.0 Å². The van der Waals surface area contributed by atoms with Gasteiger partial charge in [0.15, 0.2) is 0 Å². The lowest BCUT2D eigenvalue weighted by Crippen LogP contribution is -2.54. The number of carbonyl (C=O) groups excluding carboxylic acids is 2. The Labute approximate surface area is 130 Å². The lowest BCUT2D eigenvalue weighted by molar-refractivity contribution is -0.122. The molecule has 0 spiro atoms. The number of amides is 2. The minimum atomic E-state index is -0.527. The van der Waals surface area contributed by atoms with Crippen molar-refractivity contribution in [2.45, 2.75) is 38.3 Å². The van der Waals surface area contributed by atoms with E-state index in [9.17, 15) is 9.59 Å². The molecule has 118 valence electrons. The molecule has 3 N–H and O–H groups in total. The van der Waals surface area contributed by atoms with Gasteiger partial charge in [-0.15, -0.1) is 12.4 Å². The van der Waals surface area contributed by atoms with Gasteiger partial charge in [-0.05, 0) is 32.7 Å². The summed E-state index contributed by atoms with van der Waals surface area (Å²) >= 11 is 0. The molecule has 0 bridgehead atoms. The molecular weight excluding hydrogens is 294 g/mol. The summed E-state index contributed by atoms with van der Waals surface area (Å²) in [4.78, 5) is 23.5. The SMILES string of the molecule is CNC(=O)Cn1cc(NC(=O)C2(C)CCCCN2)cn1.Cl. The van der Waals surface area contributed by atoms with E-state index in [1.54, 1.807) is 19.4 Å². The van der Waals surface area contributed by atoms with Crippen LogP contribution >= 0.6 is 12.4 Å². The fourth-order valence-electron chi connectivity index (χ4n) is 2.26. The van der Waals surface area contributed by atoms with Gasteiger partial charge in [-0.1, -0.05) is 0 Å². The van der Waals surface area contributed by atoms with E-state index in [2.05, 4.69) is 21.0 Å². The molecule has 1 atom stereocenters. The number of anilines is 1. The standard InChI is InChI=1S/C13H21N5O2.ClH/c1-13(5-3-4-6-15-13)12(20)17-10-7-16-18(8-10)9-11(19)14-2;/h7-8,15H,3-6,9H2,1-2H3,(H,14,19)(H,17,20);1H. The number of likely N-dealkylation sites (N-methyl/N-ethyl adjacent to an activating group) is 1. The summed E-state index contributed by atoms with van der Waals surface area (Å²) in [5.41, 5.74) is 0.0775. The van der Waals surface area contributed by atoms with Crippen LogP contribution in [0.25, 0.3) is 0 Å². The van der Waals surface area contributed by atoms with Crippen molar-refractivity contribution >= 4 is 29.9 Å². The normalized spacial score (nSPS) is 21.2. The minimum absolute atomic E-state index is 0. The maximum atomic E-state index is 12.3. The van der Waals surface area contributed by atoms with Crippen LogP contribution in [0.1, 0.15) is 26.2 Å². The van der Waals surface area contributed by atoms with Gasteiger partial charge in [0.1, 0.15) is 6.54 Å². The number of rotatable bonds is 4. The second kappa shape index (κ2) is 7.42. The summed E-state index contributed by atoms with van der Waals surface area (Å²) in [6, 6.07) is 0. The number of hydrogen-bond acceptors (Lipinski definition) is 4. The predicted octanol–water partition coefficient (Wildman–Crippen LogP) is 0.522. The topological polar surface area (TPSA) is 88.0 Å². The quantitative estimate of drug-likeness (QED) is 0.756. The zero-order chi connectivity index (χ0) is 14.6. The molecule has 8 heteroatoms. The van der Waals surface area contributed by atoms with Crippen molar-refractivity contribution in [1.29, 1.82) is 0 Å². The molecule has 1 saturated heterocycles. The third-order valence-corrected chi connectivity index (χ3v) is 3.60. The summed E-state index contributed by atoms with van der Waals surface area (Å²) in [6.45, 7) is 2.91. The molecule has 7 nitrogen and oxygen atoms in total. The highest BCUT2D eigenvalue weighted by molar-refractivity contribution is 5.97. The van der Waals surface area contributed by atoms with Crippen LogP contribution in [0.2, 0.25) is 0 Å². The van der Waals surface area contributed by atoms with Gasteiger partial charge in [0.05, 0.1) is 17.4 Å². The Morgan fingerprint density at radius 2 is 2.24 bits per heavy atom. The Balaban J connectivity index is 0.00000220. The van der Waals surface area contributed by atoms with Gasteiger partial charge in [0.2, 0.25) is 11.8 Å². The number of carbonyl (C=O) groups is 2. The van der Waals surface area contributed by atoms with Gasteiger partial charge in [-0.2, -0.15) is 5.10 Å². The van der Waals surface area contributed by atoms with Gasteiger partial charge in [0, 0.05) is 13.2 Å². The molecule has 1 unspecified atom stereocenters. The first-order chi connectivity index (χ1) is 9.53. The van der Waals surface area contributed by atoms with Crippen LogP contribution in [0, 0.1) is 0 Å². The van der Waals surface area contributed by atoms with E-state index in [0.717, 1.165) is 25.8 Å². The van der Waals surface area contributed by atoms with Crippen molar-refractivity contribution < 1.29 is 9.59 Å². The predicted molar refractivity (Wildman–Crippen MR) is 82.4 cm³/mol. The van der Waals surface area contributed by atoms with Gasteiger partial charge in [0.25, 0.3) is 0 Å². The van der Waals surface area contributed by atoms with Crippen molar-refractivity contribution in [3.05, 3.63) is 12.4 Å². The Morgan fingerprint density at radius 1 is 1.48 bits per heavy atom. The number of aromatic nitrogens is 2. The van der Waals surface area contributed by atoms with Crippen molar-refractivity contribution in [1.82, 2.24) is 20.4 Å². The van der Waals surface area contributed by atoms with E-state index in [0.29, 0.717) is 5.69 Å². The zero-order valence-corrected chi connectivity index (χ0v) is 13.1. The van der Waals surface area contributed by atoms with Gasteiger partial charge >= 0.3 is 0 Å². The van der Waals surface area contributed by atoms with E-state index in [4.69, 9.17) is 0 Å². The summed E-state index contributed by atoms with van der Waals surface area (Å²) in [5.74, 6) is -0.191. The van der Waals surface area contributed by atoms with E-state index in [1.165, 1.54) is 4.68 Å². The van der Waals surface area contributed by atoms with Crippen LogP contribution in [0.5, 0.6) is 0 Å². The fourth-order valence-corrected chi connectivity index (χ4v) is 2.26. The third-order valence-electron chi connectivity index (χ3n) is 3.60. The first kappa shape index (κ1) is 17.5. The fraction of sp³-hybridized carbons (Fsp3) is 0.615. The second-order valence-electron chi connectivity index (χ2n) is 5.27. The molecule has 1 aromatic heterocycles. The molecule has 2 heterocycles. The van der Waals surface area contributed by atoms with Crippen LogP contribution < -0.4 is 16.0 Å². The first-order valence-corrected chi connectivity index (χ1v) is 6.83. The van der Waals surface area contributed by atoms with Crippen molar-refractivity contribution in [2.75, 3.05) is 18.9 Å². The van der Waals surface area contributed by atoms with Crippen LogP contribution in [0.15, 0.2) is 12.4 Å². The Kier molecular flexibility index (Phi) is 6.17. The molecule has 0 aliphatic carbocycles. The molecule has 2 rings (SSSR count). The van der Waals surface area contributed by atoms with E-state index >= 15 is 0 Å². The monoisotopic (exact) mass is 315 g/mol. The van der Waals surface area contributed by atoms with Crippen molar-refractivity contribution in [3.8, 4) is 0 Å². The summed E-state index contributed by atoms with van der Waals surface area (Å²) in [6.07, 6.45) is 6.18. The summed E-state index contributed by atoms with van der Waals surface area (Å²) < 4.78 is 1.49. The van der Waals surface area contributed by atoms with Crippen molar-refractivity contribution in [3.63, 3.8) is 0 Å². The molecular formula is C13H22ClN5O2. The lowest BCUT2D eigenvalue weighted by Gasteiger charge is -2.33. The average molecular weight is 316 g/mol. The van der Waals surface area contributed by atoms with Gasteiger partial charge in [-0.3, -0.25) is 14.3 Å². The molecule has 0 aromatic carbocycles. The molecule has 2 amide bonds. The number of hydrogen-bond donors (Lipinski definition) is 3. The number of nitrogens with one attached hydrogen (secondary N) is 3. The van der Waals surface area contributed by atoms with Crippen molar-refractivity contribution in [2.24, 2.45) is 0 Å². The summed E-state index contributed by atoms with van der Waals surface area (Å²) in [7, 11) is 1.57. The first-order valence-electron chi connectivity index (χ1n) is 6.83. The number of nitrogens with zero attached hydrogens (tertiary/aromatic N) is 2. The molecule has 0 radical (unpaired) electrons. The maximum absolute atomic E-state index is 12.3. The Bertz CT molecular complexity index is 497. The molecule has 1 aliphatic heterocycles. The second-order valence-corrected chi connectivity index (χ2v) is 5.27. The molecule has 1 aromatic rings. The largest absolute Gasteiger partial charge is 0.358 e. The van der Waals surface area contributed by atoms with Crippen LogP contribution in [0.3, 0.4) is 0 Å². The highest BCUT2D eigenvalue weighted by Gasteiger charge is 2.34. The van der Waals surface area contributed by atoms with Crippen LogP contribution in [-0.2, 0) is 16.1 Å². The number of piperidine rings is 1. The van der Waals surface area contributed by atoms with E-state index in [-0.39, 0.29) is 30.8 Å². The van der Waals surface area contributed by atoms with Crippen LogP contribution in [-0.4, -0.2) is 40.7 Å². The highest BCUT2D eigenvalue weighted by Crippen LogP contribution is 2.20. The highest BCUT2D eigenvalue weighted by atomic mass is 35.5.